The number of allylic oxidation sites excluding steroid dienone is 2. The van der Waals surface area contributed by atoms with Gasteiger partial charge in [-0.25, -0.2) is 0 Å². The third-order valence-electron chi connectivity index (χ3n) is 11.0. The molecule has 6 nitrogen and oxygen atoms in total. The molecule has 0 spiro atoms. The first kappa shape index (κ1) is 54.2. The highest BCUT2D eigenvalue weighted by molar-refractivity contribution is 5.71. The zero-order valence-electron chi connectivity index (χ0n) is 37.7. The molecule has 0 aliphatic carbocycles. The van der Waals surface area contributed by atoms with E-state index in [4.69, 9.17) is 14.2 Å². The smallest absolute Gasteiger partial charge is 0.306 e. The second-order valence-corrected chi connectivity index (χ2v) is 16.7. The normalized spacial score (nSPS) is 12.0. The molecule has 0 aromatic heterocycles. The van der Waals surface area contributed by atoms with Crippen LogP contribution in [-0.4, -0.2) is 37.2 Å². The van der Waals surface area contributed by atoms with Gasteiger partial charge in [-0.05, 0) is 44.9 Å². The van der Waals surface area contributed by atoms with Crippen molar-refractivity contribution in [1.82, 2.24) is 0 Å². The van der Waals surface area contributed by atoms with E-state index in [0.717, 1.165) is 64.2 Å². The van der Waals surface area contributed by atoms with Crippen molar-refractivity contribution in [2.24, 2.45) is 0 Å². The van der Waals surface area contributed by atoms with Gasteiger partial charge in [-0.2, -0.15) is 0 Å². The van der Waals surface area contributed by atoms with Crippen molar-refractivity contribution in [3.63, 3.8) is 0 Å². The Morgan fingerprint density at radius 1 is 0.339 bits per heavy atom. The molecule has 0 aliphatic rings. The Kier molecular flexibility index (Phi) is 44.3. The fourth-order valence-corrected chi connectivity index (χ4v) is 7.26. The lowest BCUT2D eigenvalue weighted by atomic mass is 10.0. The number of ether oxygens (including phenoxy) is 3. The van der Waals surface area contributed by atoms with E-state index in [0.29, 0.717) is 19.3 Å². The first-order valence-corrected chi connectivity index (χ1v) is 24.7. The van der Waals surface area contributed by atoms with Gasteiger partial charge in [-0.15, -0.1) is 0 Å². The zero-order chi connectivity index (χ0) is 40.8. The van der Waals surface area contributed by atoms with Crippen molar-refractivity contribution in [1.29, 1.82) is 0 Å². The molecule has 0 heterocycles. The molecule has 0 fully saturated rings. The van der Waals surface area contributed by atoms with E-state index in [2.05, 4.69) is 32.9 Å². The van der Waals surface area contributed by atoms with E-state index >= 15 is 0 Å². The van der Waals surface area contributed by atoms with Crippen molar-refractivity contribution >= 4 is 17.9 Å². The highest BCUT2D eigenvalue weighted by Crippen LogP contribution is 2.16. The lowest BCUT2D eigenvalue weighted by Gasteiger charge is -2.18. The minimum Gasteiger partial charge on any atom is -0.462 e. The topological polar surface area (TPSA) is 78.9 Å². The second-order valence-electron chi connectivity index (χ2n) is 16.7. The molecule has 0 saturated heterocycles. The maximum atomic E-state index is 12.7. The van der Waals surface area contributed by atoms with Crippen LogP contribution in [0.25, 0.3) is 0 Å². The maximum absolute atomic E-state index is 12.7. The summed E-state index contributed by atoms with van der Waals surface area (Å²) in [6.07, 6.45) is 49.4. The van der Waals surface area contributed by atoms with Crippen LogP contribution in [0, 0.1) is 0 Å². The molecule has 1 atom stereocenters. The van der Waals surface area contributed by atoms with Crippen molar-refractivity contribution in [3.05, 3.63) is 12.2 Å². The number of carbonyl (C=O) groups excluding carboxylic acids is 3. The average molecular weight is 791 g/mol. The molecule has 0 saturated carbocycles. The molecule has 1 unspecified atom stereocenters. The van der Waals surface area contributed by atoms with Gasteiger partial charge in [0.2, 0.25) is 0 Å². The van der Waals surface area contributed by atoms with E-state index in [9.17, 15) is 14.4 Å². The number of esters is 3. The SMILES string of the molecule is CCCCCCCC/C=C\CCCCCCCCCCCC(=O)OCC(COC(=O)CCCCCCC)OC(=O)CCCCCCCCCCCCCCCC. The van der Waals surface area contributed by atoms with Crippen LogP contribution in [0.15, 0.2) is 12.2 Å². The summed E-state index contributed by atoms with van der Waals surface area (Å²) in [4.78, 5) is 37.6. The van der Waals surface area contributed by atoms with E-state index in [-0.39, 0.29) is 31.1 Å². The molecule has 0 aliphatic heterocycles. The molecule has 0 aromatic rings. The van der Waals surface area contributed by atoms with Crippen molar-refractivity contribution in [2.45, 2.75) is 277 Å². The zero-order valence-corrected chi connectivity index (χ0v) is 37.7. The highest BCUT2D eigenvalue weighted by atomic mass is 16.6. The Morgan fingerprint density at radius 2 is 0.589 bits per heavy atom. The summed E-state index contributed by atoms with van der Waals surface area (Å²) in [5.74, 6) is -0.871. The number of carbonyl (C=O) groups is 3. The third-order valence-corrected chi connectivity index (χ3v) is 11.0. The van der Waals surface area contributed by atoms with E-state index in [1.54, 1.807) is 0 Å². The van der Waals surface area contributed by atoms with Crippen LogP contribution in [0.2, 0.25) is 0 Å². The molecule has 0 rings (SSSR count). The lowest BCUT2D eigenvalue weighted by molar-refractivity contribution is -0.167. The van der Waals surface area contributed by atoms with Gasteiger partial charge in [0.1, 0.15) is 13.2 Å². The number of unbranched alkanes of at least 4 members (excludes halogenated alkanes) is 32. The summed E-state index contributed by atoms with van der Waals surface area (Å²) in [6.45, 7) is 6.57. The van der Waals surface area contributed by atoms with Crippen molar-refractivity contribution in [2.75, 3.05) is 13.2 Å². The third kappa shape index (κ3) is 43.3. The molecule has 0 radical (unpaired) electrons. The van der Waals surface area contributed by atoms with Gasteiger partial charge in [0, 0.05) is 19.3 Å². The minimum atomic E-state index is -0.761. The molecule has 0 amide bonds. The van der Waals surface area contributed by atoms with E-state index in [1.165, 1.54) is 167 Å². The van der Waals surface area contributed by atoms with Gasteiger partial charge < -0.3 is 14.2 Å². The maximum Gasteiger partial charge on any atom is 0.306 e. The fourth-order valence-electron chi connectivity index (χ4n) is 7.26. The first-order chi connectivity index (χ1) is 27.5. The predicted molar refractivity (Wildman–Crippen MR) is 238 cm³/mol. The quantitative estimate of drug-likeness (QED) is 0.0264. The number of rotatable bonds is 45. The molecule has 0 N–H and O–H groups in total. The van der Waals surface area contributed by atoms with Gasteiger partial charge in [0.25, 0.3) is 0 Å². The Morgan fingerprint density at radius 3 is 0.893 bits per heavy atom. The van der Waals surface area contributed by atoms with E-state index < -0.39 is 6.10 Å². The average Bonchev–Trinajstić information content (AvgIpc) is 3.19. The van der Waals surface area contributed by atoms with Crippen LogP contribution in [0.4, 0.5) is 0 Å². The van der Waals surface area contributed by atoms with Gasteiger partial charge in [-0.1, -0.05) is 219 Å². The Labute approximate surface area is 348 Å². The summed E-state index contributed by atoms with van der Waals surface area (Å²) in [6, 6.07) is 0. The largest absolute Gasteiger partial charge is 0.462 e. The minimum absolute atomic E-state index is 0.0675. The van der Waals surface area contributed by atoms with E-state index in [1.807, 2.05) is 0 Å². The summed E-state index contributed by atoms with van der Waals surface area (Å²) < 4.78 is 16.6. The standard InChI is InChI=1S/C50H94O6/c1-4-7-10-13-15-17-19-21-23-24-25-26-27-29-30-32-34-37-40-43-49(52)55-46-47(45-54-48(51)42-39-36-12-9-6-3)56-50(53)44-41-38-35-33-31-28-22-20-18-16-14-11-8-5-2/h21,23,47H,4-20,22,24-46H2,1-3H3/b23-21-. The van der Waals surface area contributed by atoms with Crippen molar-refractivity contribution < 1.29 is 28.6 Å². The van der Waals surface area contributed by atoms with Crippen LogP contribution in [0.5, 0.6) is 0 Å². The Hall–Kier alpha value is -1.85. The number of hydrogen-bond acceptors (Lipinski definition) is 6. The van der Waals surface area contributed by atoms with Crippen molar-refractivity contribution in [3.8, 4) is 0 Å². The Bertz CT molecular complexity index is 870. The van der Waals surface area contributed by atoms with Gasteiger partial charge >= 0.3 is 17.9 Å². The monoisotopic (exact) mass is 791 g/mol. The van der Waals surface area contributed by atoms with Crippen LogP contribution in [-0.2, 0) is 28.6 Å². The van der Waals surface area contributed by atoms with Crippen LogP contribution < -0.4 is 0 Å². The molecule has 0 bridgehead atoms. The van der Waals surface area contributed by atoms with Gasteiger partial charge in [0.15, 0.2) is 6.10 Å². The van der Waals surface area contributed by atoms with Gasteiger partial charge in [0.05, 0.1) is 0 Å². The highest BCUT2D eigenvalue weighted by Gasteiger charge is 2.19. The number of hydrogen-bond donors (Lipinski definition) is 0. The Balaban J connectivity index is 4.12. The summed E-state index contributed by atoms with van der Waals surface area (Å²) in [7, 11) is 0. The van der Waals surface area contributed by atoms with Crippen LogP contribution in [0.1, 0.15) is 271 Å². The molecular weight excluding hydrogens is 697 g/mol. The molecule has 330 valence electrons. The fraction of sp³-hybridized carbons (Fsp3) is 0.900. The molecule has 0 aromatic carbocycles. The second kappa shape index (κ2) is 45.8. The predicted octanol–water partition coefficient (Wildman–Crippen LogP) is 15.8. The lowest BCUT2D eigenvalue weighted by Crippen LogP contribution is -2.30. The van der Waals surface area contributed by atoms with Gasteiger partial charge in [-0.3, -0.25) is 14.4 Å². The van der Waals surface area contributed by atoms with Crippen LogP contribution >= 0.6 is 0 Å². The molecule has 6 heteroatoms. The first-order valence-electron chi connectivity index (χ1n) is 24.7. The summed E-state index contributed by atoms with van der Waals surface area (Å²) in [5.41, 5.74) is 0. The molecular formula is C50H94O6. The summed E-state index contributed by atoms with van der Waals surface area (Å²) in [5, 5.41) is 0. The summed E-state index contributed by atoms with van der Waals surface area (Å²) >= 11 is 0. The molecule has 56 heavy (non-hydrogen) atoms. The van der Waals surface area contributed by atoms with Crippen LogP contribution in [0.3, 0.4) is 0 Å².